The molecule has 162 valence electrons. The lowest BCUT2D eigenvalue weighted by atomic mass is 10.0. The molecule has 2 aromatic rings. The smallest absolute Gasteiger partial charge is 0.255 e. The fourth-order valence-corrected chi connectivity index (χ4v) is 2.97. The topological polar surface area (TPSA) is 88.7 Å². The summed E-state index contributed by atoms with van der Waals surface area (Å²) < 4.78 is 5.35. The molecule has 0 fully saturated rings. The van der Waals surface area contributed by atoms with Gasteiger partial charge in [0.2, 0.25) is 0 Å². The number of nitrogens with two attached hydrogens (primary N) is 1. The second kappa shape index (κ2) is 12.5. The molecule has 0 aliphatic carbocycles. The Kier molecular flexibility index (Phi) is 9.71. The van der Waals surface area contributed by atoms with Crippen molar-refractivity contribution in [1.82, 2.24) is 10.6 Å². The van der Waals surface area contributed by atoms with Gasteiger partial charge in [0.25, 0.3) is 5.91 Å². The molecule has 0 saturated heterocycles. The lowest BCUT2D eigenvalue weighted by Crippen LogP contribution is -2.37. The number of hydrogen-bond donors (Lipinski definition) is 3. The van der Waals surface area contributed by atoms with E-state index in [2.05, 4.69) is 53.7 Å². The highest BCUT2D eigenvalue weighted by molar-refractivity contribution is 5.79. The number of benzene rings is 2. The largest absolute Gasteiger partial charge is 0.484 e. The van der Waals surface area contributed by atoms with E-state index in [4.69, 9.17) is 10.5 Å². The standard InChI is InChI=1S/C24H34N4O2/c1-4-26-24(27-14-6-8-19-10-12-21(13-11-19)18(2)3)28-16-20-7-5-9-22(15-20)30-17-23(25)29/h5,7,9-13,15,18H,4,6,8,14,16-17H2,1-3H3,(H2,25,29)(H2,26,27,28). The first-order valence-electron chi connectivity index (χ1n) is 10.6. The predicted octanol–water partition coefficient (Wildman–Crippen LogP) is 3.36. The van der Waals surface area contributed by atoms with Gasteiger partial charge < -0.3 is 21.1 Å². The number of aliphatic imine (C=N–C) groups is 1. The van der Waals surface area contributed by atoms with Gasteiger partial charge in [-0.05, 0) is 54.5 Å². The monoisotopic (exact) mass is 410 g/mol. The Hall–Kier alpha value is -3.02. The molecule has 0 aromatic heterocycles. The Bertz CT molecular complexity index is 816. The molecule has 0 bridgehead atoms. The fraction of sp³-hybridized carbons (Fsp3) is 0.417. The van der Waals surface area contributed by atoms with Crippen molar-refractivity contribution in [1.29, 1.82) is 0 Å². The number of nitrogens with one attached hydrogen (secondary N) is 2. The van der Waals surface area contributed by atoms with Gasteiger partial charge in [0.15, 0.2) is 12.6 Å². The molecule has 6 heteroatoms. The van der Waals surface area contributed by atoms with E-state index in [0.717, 1.165) is 37.5 Å². The van der Waals surface area contributed by atoms with Gasteiger partial charge in [-0.15, -0.1) is 0 Å². The van der Waals surface area contributed by atoms with Crippen LogP contribution in [0.15, 0.2) is 53.5 Å². The molecule has 0 spiro atoms. The maximum Gasteiger partial charge on any atom is 0.255 e. The molecule has 30 heavy (non-hydrogen) atoms. The zero-order valence-electron chi connectivity index (χ0n) is 18.3. The normalized spacial score (nSPS) is 11.4. The van der Waals surface area contributed by atoms with Crippen LogP contribution in [0, 0.1) is 0 Å². The summed E-state index contributed by atoms with van der Waals surface area (Å²) >= 11 is 0. The van der Waals surface area contributed by atoms with Crippen LogP contribution in [-0.2, 0) is 17.8 Å². The van der Waals surface area contributed by atoms with E-state index in [1.54, 1.807) is 6.07 Å². The minimum atomic E-state index is -0.493. The number of aryl methyl sites for hydroxylation is 1. The molecule has 0 heterocycles. The van der Waals surface area contributed by atoms with Crippen molar-refractivity contribution >= 4 is 11.9 Å². The number of ether oxygens (including phenoxy) is 1. The van der Waals surface area contributed by atoms with Crippen molar-refractivity contribution in [2.45, 2.75) is 46.1 Å². The van der Waals surface area contributed by atoms with Gasteiger partial charge in [-0.25, -0.2) is 4.99 Å². The Morgan fingerprint density at radius 2 is 1.87 bits per heavy atom. The number of nitrogens with zero attached hydrogens (tertiary/aromatic N) is 1. The SMILES string of the molecule is CCNC(=NCc1cccc(OCC(N)=O)c1)NCCCc1ccc(C(C)C)cc1. The summed E-state index contributed by atoms with van der Waals surface area (Å²) in [6.45, 7) is 8.50. The van der Waals surface area contributed by atoms with Crippen LogP contribution in [0.1, 0.15) is 49.8 Å². The zero-order chi connectivity index (χ0) is 21.8. The van der Waals surface area contributed by atoms with Crippen molar-refractivity contribution in [3.05, 3.63) is 65.2 Å². The molecule has 2 aromatic carbocycles. The number of rotatable bonds is 11. The summed E-state index contributed by atoms with van der Waals surface area (Å²) in [7, 11) is 0. The minimum Gasteiger partial charge on any atom is -0.484 e. The van der Waals surface area contributed by atoms with Crippen LogP contribution in [-0.4, -0.2) is 31.6 Å². The molecule has 0 aliphatic rings. The van der Waals surface area contributed by atoms with Crippen molar-refractivity contribution < 1.29 is 9.53 Å². The molecule has 0 atom stereocenters. The highest BCUT2D eigenvalue weighted by atomic mass is 16.5. The Morgan fingerprint density at radius 3 is 2.53 bits per heavy atom. The van der Waals surface area contributed by atoms with Gasteiger partial charge >= 0.3 is 0 Å². The summed E-state index contributed by atoms with van der Waals surface area (Å²) in [6, 6.07) is 16.4. The number of amides is 1. The van der Waals surface area contributed by atoms with Crippen LogP contribution < -0.4 is 21.1 Å². The number of guanidine groups is 1. The van der Waals surface area contributed by atoms with Crippen LogP contribution >= 0.6 is 0 Å². The first kappa shape index (κ1) is 23.3. The number of carbonyl (C=O) groups is 1. The van der Waals surface area contributed by atoms with Crippen LogP contribution in [0.3, 0.4) is 0 Å². The Morgan fingerprint density at radius 1 is 1.10 bits per heavy atom. The van der Waals surface area contributed by atoms with Gasteiger partial charge in [-0.1, -0.05) is 50.2 Å². The highest BCUT2D eigenvalue weighted by Crippen LogP contribution is 2.15. The summed E-state index contributed by atoms with van der Waals surface area (Å²) in [5, 5.41) is 6.66. The molecular weight excluding hydrogens is 376 g/mol. The second-order valence-electron chi connectivity index (χ2n) is 7.52. The molecule has 1 amide bonds. The third kappa shape index (κ3) is 8.55. The molecule has 2 rings (SSSR count). The third-order valence-corrected chi connectivity index (χ3v) is 4.62. The van der Waals surface area contributed by atoms with Crippen LogP contribution in [0.25, 0.3) is 0 Å². The lowest BCUT2D eigenvalue weighted by molar-refractivity contribution is -0.119. The molecule has 0 saturated carbocycles. The van der Waals surface area contributed by atoms with Gasteiger partial charge in [0, 0.05) is 13.1 Å². The van der Waals surface area contributed by atoms with Crippen LogP contribution in [0.2, 0.25) is 0 Å². The van der Waals surface area contributed by atoms with Crippen molar-refractivity contribution in [3.8, 4) is 5.75 Å². The maximum absolute atomic E-state index is 10.9. The molecule has 0 radical (unpaired) electrons. The average Bonchev–Trinajstić information content (AvgIpc) is 2.74. The van der Waals surface area contributed by atoms with E-state index in [1.165, 1.54) is 11.1 Å². The first-order chi connectivity index (χ1) is 14.5. The van der Waals surface area contributed by atoms with E-state index < -0.39 is 5.91 Å². The van der Waals surface area contributed by atoms with E-state index in [1.807, 2.05) is 25.1 Å². The van der Waals surface area contributed by atoms with E-state index in [0.29, 0.717) is 18.2 Å². The predicted molar refractivity (Wildman–Crippen MR) is 123 cm³/mol. The Balaban J connectivity index is 1.82. The van der Waals surface area contributed by atoms with Crippen LogP contribution in [0.4, 0.5) is 0 Å². The quantitative estimate of drug-likeness (QED) is 0.301. The van der Waals surface area contributed by atoms with Gasteiger partial charge in [-0.3, -0.25) is 4.79 Å². The van der Waals surface area contributed by atoms with E-state index in [9.17, 15) is 4.79 Å². The highest BCUT2D eigenvalue weighted by Gasteiger charge is 2.02. The maximum atomic E-state index is 10.9. The molecule has 6 nitrogen and oxygen atoms in total. The summed E-state index contributed by atoms with van der Waals surface area (Å²) in [5.41, 5.74) is 8.86. The first-order valence-corrected chi connectivity index (χ1v) is 10.6. The lowest BCUT2D eigenvalue weighted by Gasteiger charge is -2.12. The minimum absolute atomic E-state index is 0.128. The number of hydrogen-bond acceptors (Lipinski definition) is 3. The molecular formula is C24H34N4O2. The molecule has 4 N–H and O–H groups in total. The third-order valence-electron chi connectivity index (χ3n) is 4.62. The van der Waals surface area contributed by atoms with Gasteiger partial charge in [-0.2, -0.15) is 0 Å². The average molecular weight is 411 g/mol. The van der Waals surface area contributed by atoms with Crippen molar-refractivity contribution in [2.24, 2.45) is 10.7 Å². The number of carbonyl (C=O) groups excluding carboxylic acids is 1. The second-order valence-corrected chi connectivity index (χ2v) is 7.52. The Labute approximate surface area is 179 Å². The van der Waals surface area contributed by atoms with Crippen molar-refractivity contribution in [3.63, 3.8) is 0 Å². The van der Waals surface area contributed by atoms with Crippen LogP contribution in [0.5, 0.6) is 5.75 Å². The summed E-state index contributed by atoms with van der Waals surface area (Å²) in [5.74, 6) is 1.47. The number of primary amides is 1. The van der Waals surface area contributed by atoms with E-state index in [-0.39, 0.29) is 6.61 Å². The van der Waals surface area contributed by atoms with Gasteiger partial charge in [0.1, 0.15) is 5.75 Å². The fourth-order valence-electron chi connectivity index (χ4n) is 2.97. The van der Waals surface area contributed by atoms with Crippen molar-refractivity contribution in [2.75, 3.05) is 19.7 Å². The summed E-state index contributed by atoms with van der Waals surface area (Å²) in [4.78, 5) is 15.5. The van der Waals surface area contributed by atoms with E-state index >= 15 is 0 Å². The molecule has 0 aliphatic heterocycles. The van der Waals surface area contributed by atoms with Gasteiger partial charge in [0.05, 0.1) is 6.54 Å². The molecule has 0 unspecified atom stereocenters. The zero-order valence-corrected chi connectivity index (χ0v) is 18.3. The summed E-state index contributed by atoms with van der Waals surface area (Å²) in [6.07, 6.45) is 2.06.